The van der Waals surface area contributed by atoms with Crippen molar-refractivity contribution in [3.63, 3.8) is 0 Å². The molecule has 0 radical (unpaired) electrons. The number of piperazine rings is 1. The van der Waals surface area contributed by atoms with Crippen molar-refractivity contribution in [1.82, 2.24) is 9.80 Å². The summed E-state index contributed by atoms with van der Waals surface area (Å²) in [7, 11) is 0. The first-order valence-electron chi connectivity index (χ1n) is 8.02. The number of amides is 2. The summed E-state index contributed by atoms with van der Waals surface area (Å²) < 4.78 is 4.98. The number of ether oxygens (including phenoxy) is 1. The fourth-order valence-corrected chi connectivity index (χ4v) is 2.72. The van der Waals surface area contributed by atoms with E-state index in [4.69, 9.17) is 4.74 Å². The van der Waals surface area contributed by atoms with Crippen molar-refractivity contribution in [2.24, 2.45) is 0 Å². The first-order valence-corrected chi connectivity index (χ1v) is 8.02. The molecular weight excluding hydrogens is 294 g/mol. The number of rotatable bonds is 4. The summed E-state index contributed by atoms with van der Waals surface area (Å²) in [6.07, 6.45) is -0.298. The molecule has 0 spiro atoms. The van der Waals surface area contributed by atoms with Crippen molar-refractivity contribution in [3.8, 4) is 0 Å². The Labute approximate surface area is 137 Å². The molecule has 0 unspecified atom stereocenters. The van der Waals surface area contributed by atoms with Gasteiger partial charge in [-0.05, 0) is 31.9 Å². The predicted molar refractivity (Wildman–Crippen MR) is 89.6 cm³/mol. The van der Waals surface area contributed by atoms with Crippen LogP contribution in [0.15, 0.2) is 18.2 Å². The molecule has 1 aliphatic heterocycles. The Morgan fingerprint density at radius 3 is 2.22 bits per heavy atom. The van der Waals surface area contributed by atoms with E-state index < -0.39 is 0 Å². The summed E-state index contributed by atoms with van der Waals surface area (Å²) in [4.78, 5) is 27.4. The SMILES string of the molecule is CCOC(=O)N1CCN(C(=O)CNc2c(C)cccc2C)CC1. The number of aryl methyl sites for hydroxylation is 2. The van der Waals surface area contributed by atoms with Gasteiger partial charge in [-0.2, -0.15) is 0 Å². The van der Waals surface area contributed by atoms with E-state index in [2.05, 4.69) is 5.32 Å². The molecule has 0 aliphatic carbocycles. The Balaban J connectivity index is 1.83. The molecule has 1 aromatic carbocycles. The van der Waals surface area contributed by atoms with E-state index in [1.165, 1.54) is 0 Å². The number of hydrogen-bond donors (Lipinski definition) is 1. The average Bonchev–Trinajstić information content (AvgIpc) is 2.54. The number of carbonyl (C=O) groups is 2. The molecule has 0 atom stereocenters. The van der Waals surface area contributed by atoms with Gasteiger partial charge in [-0.25, -0.2) is 4.79 Å². The third-order valence-corrected chi connectivity index (χ3v) is 4.06. The maximum absolute atomic E-state index is 12.3. The summed E-state index contributed by atoms with van der Waals surface area (Å²) in [6, 6.07) is 6.06. The van der Waals surface area contributed by atoms with Gasteiger partial charge in [0.15, 0.2) is 0 Å². The minimum Gasteiger partial charge on any atom is -0.450 e. The quantitative estimate of drug-likeness (QED) is 0.922. The van der Waals surface area contributed by atoms with Crippen molar-refractivity contribution >= 4 is 17.7 Å². The van der Waals surface area contributed by atoms with Gasteiger partial charge in [-0.15, -0.1) is 0 Å². The molecule has 1 aliphatic rings. The van der Waals surface area contributed by atoms with E-state index in [9.17, 15) is 9.59 Å². The second-order valence-corrected chi connectivity index (χ2v) is 5.69. The summed E-state index contributed by atoms with van der Waals surface area (Å²) in [5, 5.41) is 3.24. The highest BCUT2D eigenvalue weighted by Gasteiger charge is 2.24. The Morgan fingerprint density at radius 2 is 1.65 bits per heavy atom. The van der Waals surface area contributed by atoms with Gasteiger partial charge in [-0.1, -0.05) is 18.2 Å². The standard InChI is InChI=1S/C17H25N3O3/c1-4-23-17(22)20-10-8-19(9-11-20)15(21)12-18-16-13(2)6-5-7-14(16)3/h5-7,18H,4,8-12H2,1-3H3. The first kappa shape index (κ1) is 17.1. The van der Waals surface area contributed by atoms with Crippen LogP contribution in [0.25, 0.3) is 0 Å². The fraction of sp³-hybridized carbons (Fsp3) is 0.529. The van der Waals surface area contributed by atoms with E-state index in [0.717, 1.165) is 16.8 Å². The third kappa shape index (κ3) is 4.37. The zero-order valence-corrected chi connectivity index (χ0v) is 14.1. The second kappa shape index (κ2) is 7.85. The van der Waals surface area contributed by atoms with E-state index in [1.54, 1.807) is 16.7 Å². The molecule has 6 nitrogen and oxygen atoms in total. The summed E-state index contributed by atoms with van der Waals surface area (Å²) >= 11 is 0. The summed E-state index contributed by atoms with van der Waals surface area (Å²) in [5.41, 5.74) is 3.28. The number of hydrogen-bond acceptors (Lipinski definition) is 4. The van der Waals surface area contributed by atoms with Gasteiger partial charge < -0.3 is 19.9 Å². The van der Waals surface area contributed by atoms with Gasteiger partial charge in [0.1, 0.15) is 0 Å². The fourth-order valence-electron chi connectivity index (χ4n) is 2.72. The van der Waals surface area contributed by atoms with E-state index in [1.807, 2.05) is 32.0 Å². The number of nitrogens with one attached hydrogen (secondary N) is 1. The molecule has 1 N–H and O–H groups in total. The lowest BCUT2D eigenvalue weighted by Crippen LogP contribution is -2.51. The topological polar surface area (TPSA) is 61.9 Å². The predicted octanol–water partition coefficient (Wildman–Crippen LogP) is 2.02. The van der Waals surface area contributed by atoms with Gasteiger partial charge >= 0.3 is 6.09 Å². The van der Waals surface area contributed by atoms with Crippen LogP contribution in [0.4, 0.5) is 10.5 Å². The first-order chi connectivity index (χ1) is 11.0. The Kier molecular flexibility index (Phi) is 5.84. The van der Waals surface area contributed by atoms with Crippen LogP contribution in [0.1, 0.15) is 18.1 Å². The third-order valence-electron chi connectivity index (χ3n) is 4.06. The van der Waals surface area contributed by atoms with Crippen molar-refractivity contribution in [2.75, 3.05) is 44.6 Å². The van der Waals surface area contributed by atoms with Crippen LogP contribution < -0.4 is 5.32 Å². The molecule has 126 valence electrons. The Morgan fingerprint density at radius 1 is 1.09 bits per heavy atom. The maximum Gasteiger partial charge on any atom is 0.409 e. The van der Waals surface area contributed by atoms with Crippen molar-refractivity contribution in [3.05, 3.63) is 29.3 Å². The molecule has 1 heterocycles. The van der Waals surface area contributed by atoms with Crippen LogP contribution >= 0.6 is 0 Å². The van der Waals surface area contributed by atoms with Crippen molar-refractivity contribution in [2.45, 2.75) is 20.8 Å². The molecule has 23 heavy (non-hydrogen) atoms. The molecular formula is C17H25N3O3. The van der Waals surface area contributed by atoms with Gasteiger partial charge in [0.25, 0.3) is 0 Å². The highest BCUT2D eigenvalue weighted by Crippen LogP contribution is 2.19. The number of carbonyl (C=O) groups excluding carboxylic acids is 2. The molecule has 1 saturated heterocycles. The summed E-state index contributed by atoms with van der Waals surface area (Å²) in [5.74, 6) is 0.0520. The largest absolute Gasteiger partial charge is 0.450 e. The maximum atomic E-state index is 12.3. The Bertz CT molecular complexity index is 546. The minimum absolute atomic E-state index is 0.0520. The lowest BCUT2D eigenvalue weighted by atomic mass is 10.1. The van der Waals surface area contributed by atoms with E-state index in [-0.39, 0.29) is 18.5 Å². The van der Waals surface area contributed by atoms with E-state index >= 15 is 0 Å². The van der Waals surface area contributed by atoms with Crippen LogP contribution in [0.2, 0.25) is 0 Å². The molecule has 0 aromatic heterocycles. The Hall–Kier alpha value is -2.24. The van der Waals surface area contributed by atoms with Crippen LogP contribution in [-0.2, 0) is 9.53 Å². The monoisotopic (exact) mass is 319 g/mol. The average molecular weight is 319 g/mol. The van der Waals surface area contributed by atoms with E-state index in [0.29, 0.717) is 32.8 Å². The zero-order valence-electron chi connectivity index (χ0n) is 14.1. The second-order valence-electron chi connectivity index (χ2n) is 5.69. The molecule has 2 amide bonds. The van der Waals surface area contributed by atoms with Gasteiger partial charge in [0, 0.05) is 31.9 Å². The highest BCUT2D eigenvalue weighted by atomic mass is 16.6. The lowest BCUT2D eigenvalue weighted by molar-refractivity contribution is -0.130. The molecule has 0 saturated carbocycles. The smallest absolute Gasteiger partial charge is 0.409 e. The molecule has 2 rings (SSSR count). The molecule has 1 aromatic rings. The molecule has 6 heteroatoms. The number of para-hydroxylation sites is 1. The van der Waals surface area contributed by atoms with Crippen molar-refractivity contribution < 1.29 is 14.3 Å². The zero-order chi connectivity index (χ0) is 16.8. The number of anilines is 1. The molecule has 0 bridgehead atoms. The van der Waals surface area contributed by atoms with Crippen LogP contribution in [0, 0.1) is 13.8 Å². The van der Waals surface area contributed by atoms with Gasteiger partial charge in [0.05, 0.1) is 13.2 Å². The lowest BCUT2D eigenvalue weighted by Gasteiger charge is -2.34. The number of benzene rings is 1. The normalized spacial score (nSPS) is 14.6. The van der Waals surface area contributed by atoms with Crippen LogP contribution in [0.3, 0.4) is 0 Å². The van der Waals surface area contributed by atoms with Crippen molar-refractivity contribution in [1.29, 1.82) is 0 Å². The van der Waals surface area contributed by atoms with Gasteiger partial charge in [-0.3, -0.25) is 4.79 Å². The van der Waals surface area contributed by atoms with Gasteiger partial charge in [0.2, 0.25) is 5.91 Å². The highest BCUT2D eigenvalue weighted by molar-refractivity contribution is 5.81. The molecule has 1 fully saturated rings. The number of nitrogens with zero attached hydrogens (tertiary/aromatic N) is 2. The minimum atomic E-state index is -0.298. The van der Waals surface area contributed by atoms with Crippen LogP contribution in [-0.4, -0.2) is 61.1 Å². The van der Waals surface area contributed by atoms with Crippen LogP contribution in [0.5, 0.6) is 0 Å². The summed E-state index contributed by atoms with van der Waals surface area (Å²) in [6.45, 7) is 8.62.